The summed E-state index contributed by atoms with van der Waals surface area (Å²) < 4.78 is 0. The lowest BCUT2D eigenvalue weighted by molar-refractivity contribution is -0.132. The van der Waals surface area contributed by atoms with E-state index in [-0.39, 0.29) is 5.91 Å². The predicted octanol–water partition coefficient (Wildman–Crippen LogP) is 2.63. The third-order valence-electron chi connectivity index (χ3n) is 3.37. The summed E-state index contributed by atoms with van der Waals surface area (Å²) in [5, 5.41) is 9.57. The van der Waals surface area contributed by atoms with Gasteiger partial charge in [0.25, 0.3) is 0 Å². The number of fused-ring (bicyclic) bond motifs is 1. The second-order valence-electron chi connectivity index (χ2n) is 5.55. The second-order valence-corrected chi connectivity index (χ2v) is 5.55. The lowest BCUT2D eigenvalue weighted by atomic mass is 10.0. The van der Waals surface area contributed by atoms with Gasteiger partial charge in [-0.05, 0) is 29.5 Å². The molecule has 0 radical (unpaired) electrons. The molecule has 1 unspecified atom stereocenters. The molecule has 0 aliphatic carbocycles. The fraction of sp³-hybridized carbons (Fsp3) is 0.533. The summed E-state index contributed by atoms with van der Waals surface area (Å²) in [7, 11) is 0. The molecule has 0 saturated heterocycles. The Hall–Kier alpha value is -1.35. The van der Waals surface area contributed by atoms with Crippen molar-refractivity contribution in [2.24, 2.45) is 5.92 Å². The number of aliphatic hydroxyl groups is 1. The van der Waals surface area contributed by atoms with Crippen LogP contribution in [-0.2, 0) is 17.9 Å². The van der Waals surface area contributed by atoms with Crippen molar-refractivity contribution in [3.63, 3.8) is 0 Å². The van der Waals surface area contributed by atoms with Crippen molar-refractivity contribution in [1.29, 1.82) is 0 Å². The smallest absolute Gasteiger partial charge is 0.223 e. The molecule has 1 aliphatic heterocycles. The SMILES string of the molecule is CC(C)CC(=O)N1Cc2ccc(C(C)O)cc2C1. The van der Waals surface area contributed by atoms with Crippen molar-refractivity contribution in [3.05, 3.63) is 34.9 Å². The lowest BCUT2D eigenvalue weighted by Gasteiger charge is -2.16. The molecule has 3 heteroatoms. The first kappa shape index (κ1) is 13.1. The number of carbonyl (C=O) groups is 1. The van der Waals surface area contributed by atoms with Gasteiger partial charge in [-0.2, -0.15) is 0 Å². The second kappa shape index (κ2) is 5.11. The normalized spacial score (nSPS) is 15.9. The van der Waals surface area contributed by atoms with E-state index in [0.717, 1.165) is 5.56 Å². The van der Waals surface area contributed by atoms with Crippen molar-refractivity contribution in [2.45, 2.75) is 46.4 Å². The first-order valence-corrected chi connectivity index (χ1v) is 6.55. The third kappa shape index (κ3) is 2.72. The lowest BCUT2D eigenvalue weighted by Crippen LogP contribution is -2.26. The van der Waals surface area contributed by atoms with Crippen molar-refractivity contribution in [3.8, 4) is 0 Å². The van der Waals surface area contributed by atoms with Crippen molar-refractivity contribution in [2.75, 3.05) is 0 Å². The van der Waals surface area contributed by atoms with E-state index in [9.17, 15) is 9.90 Å². The fourth-order valence-corrected chi connectivity index (χ4v) is 2.33. The standard InChI is InChI=1S/C15H21NO2/c1-10(2)6-15(18)16-8-13-5-4-12(11(3)17)7-14(13)9-16/h4-5,7,10-11,17H,6,8-9H2,1-3H3. The topological polar surface area (TPSA) is 40.5 Å². The number of nitrogens with zero attached hydrogens (tertiary/aromatic N) is 1. The average Bonchev–Trinajstić information content (AvgIpc) is 2.70. The molecule has 0 bridgehead atoms. The fourth-order valence-electron chi connectivity index (χ4n) is 2.33. The highest BCUT2D eigenvalue weighted by Crippen LogP contribution is 2.26. The van der Waals surface area contributed by atoms with Gasteiger partial charge in [-0.3, -0.25) is 4.79 Å². The molecule has 1 heterocycles. The summed E-state index contributed by atoms with van der Waals surface area (Å²) in [5.41, 5.74) is 3.30. The molecule has 1 aliphatic rings. The first-order valence-electron chi connectivity index (χ1n) is 6.55. The number of amides is 1. The van der Waals surface area contributed by atoms with Gasteiger partial charge in [0.2, 0.25) is 5.91 Å². The Morgan fingerprint density at radius 1 is 1.28 bits per heavy atom. The molecule has 2 rings (SSSR count). The number of aliphatic hydroxyl groups excluding tert-OH is 1. The quantitative estimate of drug-likeness (QED) is 0.892. The van der Waals surface area contributed by atoms with Crippen LogP contribution in [-0.4, -0.2) is 15.9 Å². The van der Waals surface area contributed by atoms with E-state index in [4.69, 9.17) is 0 Å². The van der Waals surface area contributed by atoms with Crippen LogP contribution in [0.2, 0.25) is 0 Å². The molecule has 1 amide bonds. The number of carbonyl (C=O) groups excluding carboxylic acids is 1. The van der Waals surface area contributed by atoms with Crippen LogP contribution in [0.5, 0.6) is 0 Å². The maximum atomic E-state index is 12.0. The summed E-state index contributed by atoms with van der Waals surface area (Å²) in [6.45, 7) is 7.28. The minimum atomic E-state index is -0.448. The summed E-state index contributed by atoms with van der Waals surface area (Å²) >= 11 is 0. The van der Waals surface area contributed by atoms with Crippen LogP contribution in [0.15, 0.2) is 18.2 Å². The van der Waals surface area contributed by atoms with Gasteiger partial charge < -0.3 is 10.0 Å². The first-order chi connectivity index (χ1) is 8.47. The van der Waals surface area contributed by atoms with Crippen LogP contribution in [0, 0.1) is 5.92 Å². The monoisotopic (exact) mass is 247 g/mol. The van der Waals surface area contributed by atoms with Gasteiger partial charge in [0.05, 0.1) is 6.10 Å². The number of hydrogen-bond acceptors (Lipinski definition) is 2. The number of rotatable bonds is 3. The van der Waals surface area contributed by atoms with E-state index < -0.39 is 6.10 Å². The van der Waals surface area contributed by atoms with Crippen molar-refractivity contribution in [1.82, 2.24) is 4.90 Å². The zero-order valence-electron chi connectivity index (χ0n) is 11.3. The molecular formula is C15H21NO2. The minimum Gasteiger partial charge on any atom is -0.389 e. The van der Waals surface area contributed by atoms with Gasteiger partial charge >= 0.3 is 0 Å². The van der Waals surface area contributed by atoms with E-state index in [0.29, 0.717) is 25.4 Å². The molecule has 1 N–H and O–H groups in total. The van der Waals surface area contributed by atoms with Gasteiger partial charge in [-0.1, -0.05) is 32.0 Å². The van der Waals surface area contributed by atoms with Gasteiger partial charge in [0.15, 0.2) is 0 Å². The van der Waals surface area contributed by atoms with Crippen molar-refractivity contribution >= 4 is 5.91 Å². The third-order valence-corrected chi connectivity index (χ3v) is 3.37. The Morgan fingerprint density at radius 3 is 2.56 bits per heavy atom. The molecular weight excluding hydrogens is 226 g/mol. The minimum absolute atomic E-state index is 0.222. The van der Waals surface area contributed by atoms with Crippen molar-refractivity contribution < 1.29 is 9.90 Å². The highest BCUT2D eigenvalue weighted by atomic mass is 16.3. The van der Waals surface area contributed by atoms with E-state index in [1.165, 1.54) is 11.1 Å². The van der Waals surface area contributed by atoms with E-state index in [2.05, 4.69) is 13.8 Å². The zero-order chi connectivity index (χ0) is 13.3. The highest BCUT2D eigenvalue weighted by Gasteiger charge is 2.24. The molecule has 98 valence electrons. The van der Waals surface area contributed by atoms with E-state index in [1.54, 1.807) is 6.92 Å². The summed E-state index contributed by atoms with van der Waals surface area (Å²) in [4.78, 5) is 13.9. The van der Waals surface area contributed by atoms with Gasteiger partial charge in [0.1, 0.15) is 0 Å². The molecule has 1 atom stereocenters. The summed E-state index contributed by atoms with van der Waals surface area (Å²) in [5.74, 6) is 0.619. The summed E-state index contributed by atoms with van der Waals surface area (Å²) in [6.07, 6.45) is 0.160. The van der Waals surface area contributed by atoms with Crippen LogP contribution in [0.3, 0.4) is 0 Å². The molecule has 0 saturated carbocycles. The highest BCUT2D eigenvalue weighted by molar-refractivity contribution is 5.77. The Labute approximate surface area is 108 Å². The Morgan fingerprint density at radius 2 is 1.94 bits per heavy atom. The van der Waals surface area contributed by atoms with Gasteiger partial charge in [-0.15, -0.1) is 0 Å². The molecule has 0 spiro atoms. The molecule has 1 aromatic carbocycles. The molecule has 3 nitrogen and oxygen atoms in total. The Balaban J connectivity index is 2.10. The number of benzene rings is 1. The molecule has 0 aromatic heterocycles. The van der Waals surface area contributed by atoms with Crippen LogP contribution < -0.4 is 0 Å². The van der Waals surface area contributed by atoms with E-state index >= 15 is 0 Å². The number of hydrogen-bond donors (Lipinski definition) is 1. The predicted molar refractivity (Wildman–Crippen MR) is 70.8 cm³/mol. The Kier molecular flexibility index (Phi) is 3.71. The van der Waals surface area contributed by atoms with Gasteiger partial charge in [0, 0.05) is 19.5 Å². The Bertz CT molecular complexity index is 452. The zero-order valence-corrected chi connectivity index (χ0v) is 11.3. The van der Waals surface area contributed by atoms with Crippen LogP contribution in [0.4, 0.5) is 0 Å². The molecule has 0 fully saturated rings. The maximum absolute atomic E-state index is 12.0. The largest absolute Gasteiger partial charge is 0.389 e. The van der Waals surface area contributed by atoms with Gasteiger partial charge in [-0.25, -0.2) is 0 Å². The van der Waals surface area contributed by atoms with Crippen LogP contribution >= 0.6 is 0 Å². The van der Waals surface area contributed by atoms with Crippen LogP contribution in [0.25, 0.3) is 0 Å². The van der Waals surface area contributed by atoms with Crippen LogP contribution in [0.1, 0.15) is 50.0 Å². The summed E-state index contributed by atoms with van der Waals surface area (Å²) in [6, 6.07) is 5.99. The molecule has 1 aromatic rings. The van der Waals surface area contributed by atoms with E-state index in [1.807, 2.05) is 23.1 Å². The molecule has 18 heavy (non-hydrogen) atoms. The average molecular weight is 247 g/mol. The maximum Gasteiger partial charge on any atom is 0.223 e.